The predicted octanol–water partition coefficient (Wildman–Crippen LogP) is 4.20. The van der Waals surface area contributed by atoms with Gasteiger partial charge in [-0.2, -0.15) is 0 Å². The lowest BCUT2D eigenvalue weighted by atomic mass is 10.1. The quantitative estimate of drug-likeness (QED) is 0.353. The number of hydrogen-bond acceptors (Lipinski definition) is 6. The van der Waals surface area contributed by atoms with Crippen LogP contribution in [0.1, 0.15) is 49.4 Å². The Kier molecular flexibility index (Phi) is 7.75. The van der Waals surface area contributed by atoms with Gasteiger partial charge in [-0.3, -0.25) is 19.1 Å². The Balaban J connectivity index is 1.44. The molecule has 2 aromatic carbocycles. The number of rotatable bonds is 11. The molecule has 0 aliphatic rings. The maximum Gasteiger partial charge on any atom is 0.439 e. The normalized spacial score (nSPS) is 10.6. The van der Waals surface area contributed by atoms with Gasteiger partial charge in [-0.1, -0.05) is 24.9 Å². The van der Waals surface area contributed by atoms with E-state index in [2.05, 4.69) is 26.9 Å². The maximum absolute atomic E-state index is 12.3. The molecule has 0 aliphatic carbocycles. The fraction of sp³-hybridized carbons (Fsp3) is 0.304. The SMILES string of the molecule is CCCCCOc1ccc(C(=O)CCC(=O)Nc2ccc(-c3noc(=O)[nH]3)cc2)cc1. The first kappa shape index (κ1) is 22.0. The molecule has 8 heteroatoms. The largest absolute Gasteiger partial charge is 0.494 e. The summed E-state index contributed by atoms with van der Waals surface area (Å²) in [5.41, 5.74) is 1.79. The van der Waals surface area contributed by atoms with Crippen molar-refractivity contribution >= 4 is 17.4 Å². The number of aromatic amines is 1. The minimum atomic E-state index is -0.633. The van der Waals surface area contributed by atoms with E-state index in [1.165, 1.54) is 0 Å². The van der Waals surface area contributed by atoms with Gasteiger partial charge in [0.25, 0.3) is 0 Å². The smallest absolute Gasteiger partial charge is 0.439 e. The second kappa shape index (κ2) is 10.9. The number of ketones is 1. The van der Waals surface area contributed by atoms with Crippen LogP contribution >= 0.6 is 0 Å². The zero-order valence-electron chi connectivity index (χ0n) is 17.3. The molecule has 162 valence electrons. The van der Waals surface area contributed by atoms with Crippen LogP contribution in [0.3, 0.4) is 0 Å². The van der Waals surface area contributed by atoms with Crippen molar-refractivity contribution in [3.63, 3.8) is 0 Å². The number of amides is 1. The van der Waals surface area contributed by atoms with E-state index in [9.17, 15) is 14.4 Å². The summed E-state index contributed by atoms with van der Waals surface area (Å²) in [6, 6.07) is 13.8. The molecule has 0 fully saturated rings. The van der Waals surface area contributed by atoms with Crippen molar-refractivity contribution in [2.45, 2.75) is 39.0 Å². The molecular weight excluding hydrogens is 398 g/mol. The Hall–Kier alpha value is -3.68. The number of ether oxygens (including phenoxy) is 1. The van der Waals surface area contributed by atoms with E-state index in [1.807, 2.05) is 0 Å². The van der Waals surface area contributed by atoms with Gasteiger partial charge < -0.3 is 10.1 Å². The third-order valence-electron chi connectivity index (χ3n) is 4.65. The van der Waals surface area contributed by atoms with Crippen molar-refractivity contribution in [2.24, 2.45) is 0 Å². The number of anilines is 1. The topological polar surface area (TPSA) is 114 Å². The highest BCUT2D eigenvalue weighted by atomic mass is 16.5. The summed E-state index contributed by atoms with van der Waals surface area (Å²) in [5.74, 6) is 0.0606. The zero-order chi connectivity index (χ0) is 22.1. The molecule has 0 saturated heterocycles. The van der Waals surface area contributed by atoms with Crippen LogP contribution in [0.5, 0.6) is 5.75 Å². The maximum atomic E-state index is 12.3. The zero-order valence-corrected chi connectivity index (χ0v) is 17.3. The number of nitrogens with zero attached hydrogens (tertiary/aromatic N) is 1. The molecule has 8 nitrogen and oxygen atoms in total. The highest BCUT2D eigenvalue weighted by Gasteiger charge is 2.11. The van der Waals surface area contributed by atoms with Gasteiger partial charge >= 0.3 is 5.76 Å². The van der Waals surface area contributed by atoms with Crippen molar-refractivity contribution in [3.8, 4) is 17.1 Å². The predicted molar refractivity (Wildman–Crippen MR) is 116 cm³/mol. The fourth-order valence-corrected chi connectivity index (χ4v) is 2.94. The van der Waals surface area contributed by atoms with Crippen LogP contribution in [-0.4, -0.2) is 28.4 Å². The molecule has 0 bridgehead atoms. The number of H-pyrrole nitrogens is 1. The van der Waals surface area contributed by atoms with E-state index >= 15 is 0 Å². The Morgan fingerprint density at radius 3 is 2.42 bits per heavy atom. The fourth-order valence-electron chi connectivity index (χ4n) is 2.94. The summed E-state index contributed by atoms with van der Waals surface area (Å²) in [6.07, 6.45) is 3.47. The first-order valence-corrected chi connectivity index (χ1v) is 10.3. The third kappa shape index (κ3) is 6.67. The van der Waals surface area contributed by atoms with E-state index < -0.39 is 5.76 Å². The van der Waals surface area contributed by atoms with Crippen molar-refractivity contribution in [1.29, 1.82) is 0 Å². The van der Waals surface area contributed by atoms with Crippen LogP contribution in [0.4, 0.5) is 5.69 Å². The van der Waals surface area contributed by atoms with Crippen LogP contribution in [-0.2, 0) is 4.79 Å². The van der Waals surface area contributed by atoms with Gasteiger partial charge in [0, 0.05) is 29.7 Å². The Morgan fingerprint density at radius 1 is 1.03 bits per heavy atom. The van der Waals surface area contributed by atoms with Crippen molar-refractivity contribution < 1.29 is 18.8 Å². The molecule has 1 amide bonds. The molecule has 1 aromatic heterocycles. The van der Waals surface area contributed by atoms with E-state index in [4.69, 9.17) is 4.74 Å². The van der Waals surface area contributed by atoms with Gasteiger partial charge in [-0.05, 0) is 55.0 Å². The van der Waals surface area contributed by atoms with Gasteiger partial charge in [-0.25, -0.2) is 4.79 Å². The molecule has 31 heavy (non-hydrogen) atoms. The lowest BCUT2D eigenvalue weighted by molar-refractivity contribution is -0.116. The van der Waals surface area contributed by atoms with Gasteiger partial charge in [0.1, 0.15) is 5.75 Å². The molecule has 0 unspecified atom stereocenters. The van der Waals surface area contributed by atoms with Gasteiger partial charge in [0.2, 0.25) is 5.91 Å². The second-order valence-electron chi connectivity index (χ2n) is 7.07. The van der Waals surface area contributed by atoms with Crippen LogP contribution < -0.4 is 15.8 Å². The Morgan fingerprint density at radius 2 is 1.77 bits per heavy atom. The van der Waals surface area contributed by atoms with Crippen LogP contribution in [0, 0.1) is 0 Å². The molecule has 0 saturated carbocycles. The monoisotopic (exact) mass is 423 g/mol. The first-order valence-electron chi connectivity index (χ1n) is 10.3. The lowest BCUT2D eigenvalue weighted by Crippen LogP contribution is -2.13. The molecule has 3 rings (SSSR count). The number of carbonyl (C=O) groups is 2. The molecule has 1 heterocycles. The summed E-state index contributed by atoms with van der Waals surface area (Å²) in [6.45, 7) is 2.81. The molecule has 2 N–H and O–H groups in total. The van der Waals surface area contributed by atoms with E-state index in [-0.39, 0.29) is 24.5 Å². The number of aromatic nitrogens is 2. The first-order chi connectivity index (χ1) is 15.0. The third-order valence-corrected chi connectivity index (χ3v) is 4.65. The summed E-state index contributed by atoms with van der Waals surface area (Å²) < 4.78 is 10.1. The Bertz CT molecular complexity index is 1050. The van der Waals surface area contributed by atoms with Crippen LogP contribution in [0.2, 0.25) is 0 Å². The number of nitrogens with one attached hydrogen (secondary N) is 2. The second-order valence-corrected chi connectivity index (χ2v) is 7.07. The van der Waals surface area contributed by atoms with Crippen LogP contribution in [0.25, 0.3) is 11.4 Å². The minimum absolute atomic E-state index is 0.0759. The van der Waals surface area contributed by atoms with Crippen LogP contribution in [0.15, 0.2) is 57.8 Å². The van der Waals surface area contributed by atoms with Crippen molar-refractivity contribution in [3.05, 3.63) is 64.6 Å². The van der Waals surface area contributed by atoms with Crippen molar-refractivity contribution in [2.75, 3.05) is 11.9 Å². The summed E-state index contributed by atoms with van der Waals surface area (Å²) in [7, 11) is 0. The number of carbonyl (C=O) groups excluding carboxylic acids is 2. The molecule has 0 aliphatic heterocycles. The van der Waals surface area contributed by atoms with Gasteiger partial charge in [0.05, 0.1) is 6.61 Å². The summed E-state index contributed by atoms with van der Waals surface area (Å²) in [4.78, 5) is 38.0. The van der Waals surface area contributed by atoms with Crippen molar-refractivity contribution in [1.82, 2.24) is 10.1 Å². The molecule has 0 spiro atoms. The molecular formula is C23H25N3O5. The number of Topliss-reactive ketones (excluding diaryl/α,β-unsaturated/α-hetero) is 1. The average molecular weight is 423 g/mol. The number of benzene rings is 2. The number of hydrogen-bond donors (Lipinski definition) is 2. The molecule has 0 radical (unpaired) electrons. The standard InChI is InChI=1S/C23H25N3O5/c1-2-3-4-15-30-19-11-7-16(8-12-19)20(27)13-14-21(28)24-18-9-5-17(6-10-18)22-25-23(29)31-26-22/h5-12H,2-4,13-15H2,1H3,(H,24,28)(H,25,26,29). The van der Waals surface area contributed by atoms with E-state index in [0.717, 1.165) is 25.0 Å². The minimum Gasteiger partial charge on any atom is -0.494 e. The van der Waals surface area contributed by atoms with Gasteiger partial charge in [0.15, 0.2) is 11.6 Å². The highest BCUT2D eigenvalue weighted by molar-refractivity contribution is 6.00. The lowest BCUT2D eigenvalue weighted by Gasteiger charge is -2.07. The Labute approximate surface area is 179 Å². The summed E-state index contributed by atoms with van der Waals surface area (Å²) >= 11 is 0. The van der Waals surface area contributed by atoms with Gasteiger partial charge in [-0.15, -0.1) is 0 Å². The highest BCUT2D eigenvalue weighted by Crippen LogP contribution is 2.18. The number of unbranched alkanes of at least 4 members (excludes halogenated alkanes) is 2. The average Bonchev–Trinajstić information content (AvgIpc) is 3.22. The van der Waals surface area contributed by atoms with E-state index in [1.54, 1.807) is 48.5 Å². The van der Waals surface area contributed by atoms with E-state index in [0.29, 0.717) is 29.2 Å². The molecule has 3 aromatic rings. The summed E-state index contributed by atoms with van der Waals surface area (Å²) in [5, 5.41) is 6.35. The molecule has 0 atom stereocenters.